The number of hydrogen-bond acceptors (Lipinski definition) is 3. The highest BCUT2D eigenvalue weighted by molar-refractivity contribution is 7.92. The Morgan fingerprint density at radius 1 is 0.867 bits per heavy atom. The van der Waals surface area contributed by atoms with Gasteiger partial charge in [0.05, 0.1) is 10.7 Å². The van der Waals surface area contributed by atoms with Gasteiger partial charge in [-0.05, 0) is 36.4 Å². The van der Waals surface area contributed by atoms with E-state index in [4.69, 9.17) is 23.2 Å². The average molecular weight is 475 g/mol. The Morgan fingerprint density at radius 3 is 2.30 bits per heavy atom. The lowest BCUT2D eigenvalue weighted by molar-refractivity contribution is 0.102. The van der Waals surface area contributed by atoms with Crippen LogP contribution in [-0.4, -0.2) is 14.3 Å². The topological polar surface area (TPSA) is 75.3 Å². The molecule has 0 aromatic heterocycles. The van der Waals surface area contributed by atoms with Crippen molar-refractivity contribution in [3.8, 4) is 0 Å². The highest BCUT2D eigenvalue weighted by Gasteiger charge is 2.20. The van der Waals surface area contributed by atoms with Crippen LogP contribution >= 0.6 is 23.2 Å². The van der Waals surface area contributed by atoms with Crippen LogP contribution in [0.5, 0.6) is 0 Å². The quantitative estimate of drug-likeness (QED) is 0.481. The maximum Gasteiger partial charge on any atom is 0.263 e. The van der Waals surface area contributed by atoms with Crippen molar-refractivity contribution in [2.75, 3.05) is 10.0 Å². The summed E-state index contributed by atoms with van der Waals surface area (Å²) < 4.78 is 67.5. The smallest absolute Gasteiger partial charge is 0.263 e. The predicted octanol–water partition coefficient (Wildman–Crippen LogP) is 5.46. The summed E-state index contributed by atoms with van der Waals surface area (Å²) in [5.74, 6) is -4.79. The lowest BCUT2D eigenvalue weighted by Gasteiger charge is -2.11. The van der Waals surface area contributed by atoms with Gasteiger partial charge >= 0.3 is 0 Å². The molecule has 0 radical (unpaired) electrons. The third kappa shape index (κ3) is 4.86. The third-order valence-electron chi connectivity index (χ3n) is 3.82. The summed E-state index contributed by atoms with van der Waals surface area (Å²) in [4.78, 5) is 12.1. The predicted molar refractivity (Wildman–Crippen MR) is 108 cm³/mol. The van der Waals surface area contributed by atoms with Gasteiger partial charge in [-0.3, -0.25) is 9.52 Å². The standard InChI is InChI=1S/C19H11Cl2F3N2O3S/c20-11-4-5-13(21)18(7-11)30(28,29)26-12-3-1-2-10(6-12)19(27)25-17-9-15(23)14(22)8-16(17)24/h1-9,26H,(H,25,27). The molecular formula is C19H11Cl2F3N2O3S. The second-order valence-corrected chi connectivity index (χ2v) is 8.46. The Balaban J connectivity index is 1.85. The summed E-state index contributed by atoms with van der Waals surface area (Å²) in [5.41, 5.74) is -0.642. The number of carbonyl (C=O) groups excluding carboxylic acids is 1. The van der Waals surface area contributed by atoms with Crippen LogP contribution in [-0.2, 0) is 10.0 Å². The summed E-state index contributed by atoms with van der Waals surface area (Å²) in [6.45, 7) is 0. The zero-order valence-corrected chi connectivity index (χ0v) is 17.0. The summed E-state index contributed by atoms with van der Waals surface area (Å²) >= 11 is 11.7. The van der Waals surface area contributed by atoms with Crippen LogP contribution in [0.1, 0.15) is 10.4 Å². The van der Waals surface area contributed by atoms with Gasteiger partial charge in [-0.15, -0.1) is 0 Å². The van der Waals surface area contributed by atoms with E-state index < -0.39 is 39.1 Å². The molecule has 3 rings (SSSR count). The van der Waals surface area contributed by atoms with Gasteiger partial charge in [-0.25, -0.2) is 21.6 Å². The van der Waals surface area contributed by atoms with E-state index in [0.29, 0.717) is 12.1 Å². The number of nitrogens with one attached hydrogen (secondary N) is 2. The number of carbonyl (C=O) groups is 1. The minimum Gasteiger partial charge on any atom is -0.319 e. The summed E-state index contributed by atoms with van der Waals surface area (Å²) in [5, 5.41) is 2.19. The Labute approximate surface area is 179 Å². The van der Waals surface area contributed by atoms with Crippen molar-refractivity contribution in [2.24, 2.45) is 0 Å². The van der Waals surface area contributed by atoms with Gasteiger partial charge in [-0.2, -0.15) is 0 Å². The minimum absolute atomic E-state index is 0.00412. The van der Waals surface area contributed by atoms with Crippen molar-refractivity contribution in [1.29, 1.82) is 0 Å². The molecule has 0 aliphatic carbocycles. The van der Waals surface area contributed by atoms with E-state index in [9.17, 15) is 26.4 Å². The van der Waals surface area contributed by atoms with E-state index in [-0.39, 0.29) is 26.2 Å². The normalized spacial score (nSPS) is 11.2. The minimum atomic E-state index is -4.13. The van der Waals surface area contributed by atoms with E-state index in [1.54, 1.807) is 0 Å². The van der Waals surface area contributed by atoms with E-state index in [1.165, 1.54) is 36.4 Å². The molecule has 11 heteroatoms. The first-order valence-electron chi connectivity index (χ1n) is 8.10. The van der Waals surface area contributed by atoms with Crippen LogP contribution in [0.15, 0.2) is 59.5 Å². The molecule has 3 aromatic carbocycles. The van der Waals surface area contributed by atoms with Gasteiger partial charge < -0.3 is 5.32 Å². The Kier molecular flexibility index (Phi) is 6.25. The van der Waals surface area contributed by atoms with E-state index >= 15 is 0 Å². The number of amides is 1. The van der Waals surface area contributed by atoms with Gasteiger partial charge in [0.25, 0.3) is 15.9 Å². The van der Waals surface area contributed by atoms with Crippen molar-refractivity contribution < 1.29 is 26.4 Å². The molecule has 0 fully saturated rings. The molecule has 30 heavy (non-hydrogen) atoms. The zero-order valence-electron chi connectivity index (χ0n) is 14.7. The van der Waals surface area contributed by atoms with E-state index in [0.717, 1.165) is 6.07 Å². The first kappa shape index (κ1) is 21.9. The average Bonchev–Trinajstić information content (AvgIpc) is 2.67. The summed E-state index contributed by atoms with van der Waals surface area (Å²) in [6.07, 6.45) is 0. The molecule has 156 valence electrons. The fourth-order valence-electron chi connectivity index (χ4n) is 2.43. The van der Waals surface area contributed by atoms with Crippen molar-refractivity contribution in [3.05, 3.63) is 87.7 Å². The van der Waals surface area contributed by atoms with Crippen molar-refractivity contribution in [3.63, 3.8) is 0 Å². The fourth-order valence-corrected chi connectivity index (χ4v) is 4.24. The van der Waals surface area contributed by atoms with E-state index in [2.05, 4.69) is 10.0 Å². The molecule has 0 aliphatic heterocycles. The number of hydrogen-bond donors (Lipinski definition) is 2. The van der Waals surface area contributed by atoms with Crippen LogP contribution in [0.25, 0.3) is 0 Å². The Hall–Kier alpha value is -2.75. The van der Waals surface area contributed by atoms with Crippen molar-refractivity contribution in [2.45, 2.75) is 4.90 Å². The largest absolute Gasteiger partial charge is 0.319 e. The first-order valence-corrected chi connectivity index (χ1v) is 10.3. The fraction of sp³-hybridized carbons (Fsp3) is 0. The highest BCUT2D eigenvalue weighted by atomic mass is 35.5. The number of benzene rings is 3. The molecule has 0 heterocycles. The monoisotopic (exact) mass is 474 g/mol. The lowest BCUT2D eigenvalue weighted by Crippen LogP contribution is -2.16. The molecule has 5 nitrogen and oxygen atoms in total. The Bertz CT molecular complexity index is 1250. The molecule has 0 unspecified atom stereocenters. The maximum absolute atomic E-state index is 13.7. The summed E-state index contributed by atoms with van der Waals surface area (Å²) in [7, 11) is -4.13. The molecule has 1 amide bonds. The molecule has 0 saturated heterocycles. The van der Waals surface area contributed by atoms with Crippen LogP contribution in [0, 0.1) is 17.5 Å². The molecular weight excluding hydrogens is 464 g/mol. The molecule has 0 spiro atoms. The van der Waals surface area contributed by atoms with Gasteiger partial charge in [-0.1, -0.05) is 29.3 Å². The summed E-state index contributed by atoms with van der Waals surface area (Å²) in [6, 6.07) is 9.92. The first-order chi connectivity index (χ1) is 14.1. The van der Waals surface area contributed by atoms with Crippen molar-refractivity contribution in [1.82, 2.24) is 0 Å². The maximum atomic E-state index is 13.7. The Morgan fingerprint density at radius 2 is 1.57 bits per heavy atom. The molecule has 2 N–H and O–H groups in total. The molecule has 0 bridgehead atoms. The second kappa shape index (κ2) is 8.55. The van der Waals surface area contributed by atoms with Crippen molar-refractivity contribution >= 4 is 50.5 Å². The third-order valence-corrected chi connectivity index (χ3v) is 5.92. The zero-order chi connectivity index (χ0) is 22.1. The van der Waals surface area contributed by atoms with E-state index in [1.807, 2.05) is 0 Å². The lowest BCUT2D eigenvalue weighted by atomic mass is 10.2. The molecule has 0 aliphatic rings. The van der Waals surface area contributed by atoms with Crippen LogP contribution in [0.4, 0.5) is 24.5 Å². The molecule has 3 aromatic rings. The number of rotatable bonds is 5. The number of anilines is 2. The second-order valence-electron chi connectivity index (χ2n) is 5.96. The van der Waals surface area contributed by atoms with Gasteiger partial charge in [0.15, 0.2) is 11.6 Å². The molecule has 0 atom stereocenters. The highest BCUT2D eigenvalue weighted by Crippen LogP contribution is 2.27. The van der Waals surface area contributed by atoms with Crippen LogP contribution in [0.3, 0.4) is 0 Å². The SMILES string of the molecule is O=C(Nc1cc(F)c(F)cc1F)c1cccc(NS(=O)(=O)c2cc(Cl)ccc2Cl)c1. The van der Waals surface area contributed by atoms with Gasteiger partial charge in [0.1, 0.15) is 10.7 Å². The van der Waals surface area contributed by atoms with Crippen LogP contribution < -0.4 is 10.0 Å². The van der Waals surface area contributed by atoms with Crippen LogP contribution in [0.2, 0.25) is 10.0 Å². The van der Waals surface area contributed by atoms with Gasteiger partial charge in [0, 0.05) is 28.4 Å². The number of halogens is 5. The molecule has 0 saturated carbocycles. The number of sulfonamides is 1. The van der Waals surface area contributed by atoms with Gasteiger partial charge in [0.2, 0.25) is 0 Å².